The van der Waals surface area contributed by atoms with Crippen molar-refractivity contribution in [1.29, 1.82) is 0 Å². The van der Waals surface area contributed by atoms with Crippen molar-refractivity contribution < 1.29 is 21.9 Å². The van der Waals surface area contributed by atoms with E-state index < -0.39 is 0 Å². The van der Waals surface area contributed by atoms with Crippen molar-refractivity contribution >= 4 is 0 Å². The molecule has 0 bridgehead atoms. The van der Waals surface area contributed by atoms with Gasteiger partial charge in [-0.2, -0.15) is 0 Å². The number of halogens is 1. The van der Waals surface area contributed by atoms with Gasteiger partial charge in [0.05, 0.1) is 13.2 Å². The minimum absolute atomic E-state index is 0. The molecule has 0 fully saturated rings. The summed E-state index contributed by atoms with van der Waals surface area (Å²) in [6.07, 6.45) is 1.85. The maximum Gasteiger partial charge on any atom is 0.161 e. The fourth-order valence-corrected chi connectivity index (χ4v) is 1.52. The lowest BCUT2D eigenvalue weighted by Crippen LogP contribution is -3.00. The summed E-state index contributed by atoms with van der Waals surface area (Å²) in [5, 5.41) is 3.26. The highest BCUT2D eigenvalue weighted by molar-refractivity contribution is 5.43. The van der Waals surface area contributed by atoms with Crippen LogP contribution in [0.1, 0.15) is 19.4 Å². The van der Waals surface area contributed by atoms with E-state index in [1.807, 2.05) is 38.1 Å². The Morgan fingerprint density at radius 3 is 2.44 bits per heavy atom. The molecule has 4 heteroatoms. The van der Waals surface area contributed by atoms with E-state index in [1.165, 1.54) is 5.56 Å². The minimum atomic E-state index is 0. The summed E-state index contributed by atoms with van der Waals surface area (Å²) in [6.45, 7) is 10.5. The Hall–Kier alpha value is -1.19. The summed E-state index contributed by atoms with van der Waals surface area (Å²) >= 11 is 0. The van der Waals surface area contributed by atoms with Gasteiger partial charge in [0.15, 0.2) is 11.5 Å². The predicted molar refractivity (Wildman–Crippen MR) is 70.7 cm³/mol. The summed E-state index contributed by atoms with van der Waals surface area (Å²) in [4.78, 5) is 0. The quantitative estimate of drug-likeness (QED) is 0.523. The van der Waals surface area contributed by atoms with Crippen LogP contribution in [0.5, 0.6) is 11.5 Å². The summed E-state index contributed by atoms with van der Waals surface area (Å²) in [5.41, 5.74) is 1.18. The summed E-state index contributed by atoms with van der Waals surface area (Å²) < 4.78 is 11.1. The minimum Gasteiger partial charge on any atom is -1.00 e. The number of rotatable bonds is 8. The molecule has 18 heavy (non-hydrogen) atoms. The molecule has 0 saturated carbocycles. The monoisotopic (exact) mass is 270 g/mol. The van der Waals surface area contributed by atoms with Crippen molar-refractivity contribution in [2.24, 2.45) is 0 Å². The van der Waals surface area contributed by atoms with E-state index >= 15 is 0 Å². The molecule has 0 saturated heterocycles. The van der Waals surface area contributed by atoms with Crippen molar-refractivity contribution in [3.63, 3.8) is 0 Å². The van der Waals surface area contributed by atoms with E-state index in [0.717, 1.165) is 24.6 Å². The number of nitrogens with one attached hydrogen (secondary N) is 1. The molecule has 0 spiro atoms. The van der Waals surface area contributed by atoms with Gasteiger partial charge in [0.1, 0.15) is 0 Å². The normalized spacial score (nSPS) is 9.44. The highest BCUT2D eigenvalue weighted by atomic mass is 35.5. The maximum atomic E-state index is 5.56. The molecule has 0 radical (unpaired) electrons. The molecule has 102 valence electrons. The number of hydrogen-bond acceptors (Lipinski definition) is 3. The molecule has 3 nitrogen and oxygen atoms in total. The predicted octanol–water partition coefficient (Wildman–Crippen LogP) is -0.236. The van der Waals surface area contributed by atoms with Crippen molar-refractivity contribution in [2.45, 2.75) is 20.4 Å². The third-order valence-corrected chi connectivity index (χ3v) is 2.23. The summed E-state index contributed by atoms with van der Waals surface area (Å²) in [7, 11) is 0. The van der Waals surface area contributed by atoms with Crippen molar-refractivity contribution in [2.75, 3.05) is 19.8 Å². The molecule has 0 aliphatic rings. The number of ether oxygens (including phenoxy) is 2. The molecular weight excluding hydrogens is 250 g/mol. The Labute approximate surface area is 116 Å². The van der Waals surface area contributed by atoms with Gasteiger partial charge in [0.2, 0.25) is 0 Å². The van der Waals surface area contributed by atoms with Crippen LogP contribution in [0, 0.1) is 0 Å². The number of hydrogen-bond donors (Lipinski definition) is 1. The molecule has 1 aromatic carbocycles. The van der Waals surface area contributed by atoms with Crippen LogP contribution in [0.15, 0.2) is 30.9 Å². The van der Waals surface area contributed by atoms with Crippen LogP contribution < -0.4 is 27.2 Å². The smallest absolute Gasteiger partial charge is 0.161 e. The lowest BCUT2D eigenvalue weighted by Gasteiger charge is -2.12. The first kappa shape index (κ1) is 16.8. The lowest BCUT2D eigenvalue weighted by atomic mass is 10.2. The summed E-state index contributed by atoms with van der Waals surface area (Å²) in [6, 6.07) is 6.02. The van der Waals surface area contributed by atoms with E-state index in [1.54, 1.807) is 0 Å². The third kappa shape index (κ3) is 5.43. The van der Waals surface area contributed by atoms with Gasteiger partial charge in [-0.25, -0.2) is 0 Å². The topological polar surface area (TPSA) is 30.5 Å². The van der Waals surface area contributed by atoms with E-state index in [0.29, 0.717) is 13.2 Å². The van der Waals surface area contributed by atoms with Crippen molar-refractivity contribution in [3.05, 3.63) is 36.4 Å². The average molecular weight is 271 g/mol. The zero-order valence-electron chi connectivity index (χ0n) is 11.0. The van der Waals surface area contributed by atoms with Crippen molar-refractivity contribution in [1.82, 2.24) is 5.32 Å². The van der Waals surface area contributed by atoms with Gasteiger partial charge in [0.25, 0.3) is 0 Å². The van der Waals surface area contributed by atoms with Crippen LogP contribution in [0.25, 0.3) is 0 Å². The second kappa shape index (κ2) is 9.80. The zero-order valence-corrected chi connectivity index (χ0v) is 11.8. The lowest BCUT2D eigenvalue weighted by molar-refractivity contribution is -0.00000455. The van der Waals surface area contributed by atoms with Crippen LogP contribution >= 0.6 is 0 Å². The van der Waals surface area contributed by atoms with Gasteiger partial charge < -0.3 is 27.2 Å². The van der Waals surface area contributed by atoms with Crippen LogP contribution in [0.3, 0.4) is 0 Å². The Kier molecular flexibility index (Phi) is 9.15. The second-order valence-electron chi connectivity index (χ2n) is 3.57. The molecule has 0 unspecified atom stereocenters. The summed E-state index contributed by atoms with van der Waals surface area (Å²) in [5.74, 6) is 1.62. The van der Waals surface area contributed by atoms with Crippen LogP contribution in [0.4, 0.5) is 0 Å². The van der Waals surface area contributed by atoms with Gasteiger partial charge in [-0.3, -0.25) is 0 Å². The van der Waals surface area contributed by atoms with E-state index in [4.69, 9.17) is 9.47 Å². The average Bonchev–Trinajstić information content (AvgIpc) is 2.33. The van der Waals surface area contributed by atoms with E-state index in [-0.39, 0.29) is 12.4 Å². The number of benzene rings is 1. The largest absolute Gasteiger partial charge is 1.00 e. The Morgan fingerprint density at radius 1 is 1.17 bits per heavy atom. The molecule has 0 aromatic heterocycles. The molecule has 1 aromatic rings. The van der Waals surface area contributed by atoms with Crippen LogP contribution in [0.2, 0.25) is 0 Å². The fourth-order valence-electron chi connectivity index (χ4n) is 1.52. The van der Waals surface area contributed by atoms with Gasteiger partial charge in [-0.05, 0) is 31.5 Å². The standard InChI is InChI=1S/C14H21NO2.ClH/c1-4-9-15-11-12-7-8-13(16-5-2)14(10-12)17-6-3;/h4,7-8,10,15H,1,5-6,9,11H2,2-3H3;1H/p-1. The van der Waals surface area contributed by atoms with Gasteiger partial charge in [-0.1, -0.05) is 12.1 Å². The zero-order chi connectivity index (χ0) is 12.5. The maximum absolute atomic E-state index is 5.56. The Balaban J connectivity index is 0.00000289. The SMILES string of the molecule is C=CCNCc1ccc(OCC)c(OCC)c1.[Cl-]. The molecular formula is C14H21ClNO2-. The molecule has 0 atom stereocenters. The second-order valence-corrected chi connectivity index (χ2v) is 3.57. The molecule has 0 aliphatic heterocycles. The highest BCUT2D eigenvalue weighted by Crippen LogP contribution is 2.28. The fraction of sp³-hybridized carbons (Fsp3) is 0.429. The Bertz CT molecular complexity index is 356. The molecule has 1 N–H and O–H groups in total. The van der Waals surface area contributed by atoms with Crippen molar-refractivity contribution in [3.8, 4) is 11.5 Å². The van der Waals surface area contributed by atoms with Crippen LogP contribution in [-0.2, 0) is 6.54 Å². The molecule has 0 heterocycles. The highest BCUT2D eigenvalue weighted by Gasteiger charge is 2.05. The van der Waals surface area contributed by atoms with Gasteiger partial charge in [0, 0.05) is 13.1 Å². The first-order chi connectivity index (χ1) is 8.31. The van der Waals surface area contributed by atoms with E-state index in [9.17, 15) is 0 Å². The van der Waals surface area contributed by atoms with E-state index in [2.05, 4.69) is 11.9 Å². The third-order valence-electron chi connectivity index (χ3n) is 2.23. The first-order valence-corrected chi connectivity index (χ1v) is 6.02. The van der Waals surface area contributed by atoms with Gasteiger partial charge >= 0.3 is 0 Å². The molecule has 1 rings (SSSR count). The van der Waals surface area contributed by atoms with Crippen LogP contribution in [-0.4, -0.2) is 19.8 Å². The Morgan fingerprint density at radius 2 is 1.83 bits per heavy atom. The molecule has 0 aliphatic carbocycles. The van der Waals surface area contributed by atoms with Gasteiger partial charge in [-0.15, -0.1) is 6.58 Å². The molecule has 0 amide bonds. The first-order valence-electron chi connectivity index (χ1n) is 6.02.